The van der Waals surface area contributed by atoms with E-state index in [4.69, 9.17) is 0 Å². The first kappa shape index (κ1) is 19.1. The van der Waals surface area contributed by atoms with Crippen molar-refractivity contribution in [3.63, 3.8) is 0 Å². The van der Waals surface area contributed by atoms with Crippen LogP contribution in [-0.2, 0) is 14.3 Å². The molecule has 0 bridgehead atoms. The number of hydrogen-bond acceptors (Lipinski definition) is 6. The fraction of sp³-hybridized carbons (Fsp3) is 0.300. The highest BCUT2D eigenvalue weighted by Crippen LogP contribution is 2.43. The predicted octanol–water partition coefficient (Wildman–Crippen LogP) is 2.47. The molecule has 3 amide bonds. The van der Waals surface area contributed by atoms with E-state index in [0.29, 0.717) is 34.0 Å². The summed E-state index contributed by atoms with van der Waals surface area (Å²) in [6.45, 7) is 1.60. The van der Waals surface area contributed by atoms with Crippen molar-refractivity contribution in [2.75, 3.05) is 23.9 Å². The number of para-hydroxylation sites is 1. The van der Waals surface area contributed by atoms with Crippen molar-refractivity contribution in [3.05, 3.63) is 46.8 Å². The number of methoxy groups -OCH3 is 1. The maximum Gasteiger partial charge on any atom is 0.348 e. The van der Waals surface area contributed by atoms with Gasteiger partial charge in [0.25, 0.3) is 5.91 Å². The molecule has 29 heavy (non-hydrogen) atoms. The van der Waals surface area contributed by atoms with E-state index in [9.17, 15) is 19.2 Å². The van der Waals surface area contributed by atoms with Crippen LogP contribution in [0, 0.1) is 0 Å². The summed E-state index contributed by atoms with van der Waals surface area (Å²) >= 11 is 1.09. The molecule has 2 aliphatic rings. The Balaban J connectivity index is 1.59. The third-order valence-electron chi connectivity index (χ3n) is 5.30. The highest BCUT2D eigenvalue weighted by Gasteiger charge is 2.53. The summed E-state index contributed by atoms with van der Waals surface area (Å²) in [4.78, 5) is 53.4. The Labute approximate surface area is 171 Å². The lowest BCUT2D eigenvalue weighted by molar-refractivity contribution is -0.120. The molecule has 1 aromatic heterocycles. The third-order valence-corrected chi connectivity index (χ3v) is 6.28. The number of esters is 1. The van der Waals surface area contributed by atoms with Gasteiger partial charge < -0.3 is 15.0 Å². The van der Waals surface area contributed by atoms with Crippen molar-refractivity contribution in [2.24, 2.45) is 0 Å². The molecule has 2 aliphatic heterocycles. The second-order valence-corrected chi connectivity index (χ2v) is 8.14. The molecule has 1 atom stereocenters. The first-order valence-corrected chi connectivity index (χ1v) is 9.89. The van der Waals surface area contributed by atoms with E-state index < -0.39 is 17.5 Å². The van der Waals surface area contributed by atoms with Gasteiger partial charge in [0.1, 0.15) is 17.1 Å². The lowest BCUT2D eigenvalue weighted by atomic mass is 9.98. The lowest BCUT2D eigenvalue weighted by Crippen LogP contribution is -2.63. The molecule has 1 N–H and O–H groups in total. The van der Waals surface area contributed by atoms with Crippen molar-refractivity contribution in [1.29, 1.82) is 0 Å². The molecule has 2 aromatic rings. The first-order valence-electron chi connectivity index (χ1n) is 9.07. The van der Waals surface area contributed by atoms with Crippen molar-refractivity contribution in [2.45, 2.75) is 25.4 Å². The number of nitrogens with zero attached hydrogens (tertiary/aromatic N) is 2. The molecular weight excluding hydrogens is 394 g/mol. The van der Waals surface area contributed by atoms with Crippen molar-refractivity contribution in [1.82, 2.24) is 4.90 Å². The molecule has 1 unspecified atom stereocenters. The van der Waals surface area contributed by atoms with E-state index in [0.717, 1.165) is 11.3 Å². The van der Waals surface area contributed by atoms with Gasteiger partial charge in [0.2, 0.25) is 11.8 Å². The van der Waals surface area contributed by atoms with Gasteiger partial charge >= 0.3 is 5.97 Å². The third kappa shape index (κ3) is 3.07. The Morgan fingerprint density at radius 3 is 2.72 bits per heavy atom. The zero-order valence-electron chi connectivity index (χ0n) is 15.9. The average molecular weight is 413 g/mol. The fourth-order valence-electron chi connectivity index (χ4n) is 3.88. The van der Waals surface area contributed by atoms with Crippen LogP contribution in [0.3, 0.4) is 0 Å². The Morgan fingerprint density at radius 1 is 1.21 bits per heavy atom. The Hall–Kier alpha value is -3.20. The number of amides is 3. The fourth-order valence-corrected chi connectivity index (χ4v) is 4.72. The molecule has 8 nitrogen and oxygen atoms in total. The van der Waals surface area contributed by atoms with Crippen LogP contribution in [0.25, 0.3) is 0 Å². The molecule has 0 spiro atoms. The molecule has 1 saturated heterocycles. The number of anilines is 2. The van der Waals surface area contributed by atoms with Crippen molar-refractivity contribution < 1.29 is 23.9 Å². The minimum atomic E-state index is -0.896. The Bertz CT molecular complexity index is 1030. The van der Waals surface area contributed by atoms with Gasteiger partial charge in [-0.1, -0.05) is 12.1 Å². The first-order chi connectivity index (χ1) is 13.8. The molecule has 3 heterocycles. The summed E-state index contributed by atoms with van der Waals surface area (Å²) in [5.74, 6) is -1.24. The van der Waals surface area contributed by atoms with Gasteiger partial charge in [-0.15, -0.1) is 11.3 Å². The van der Waals surface area contributed by atoms with Gasteiger partial charge in [0.05, 0.1) is 23.4 Å². The SMILES string of the molecule is COC(=O)c1ccc(NC(=O)CN2C(=O)c3ccccc3N3C(=O)CCC23C)s1. The van der Waals surface area contributed by atoms with Gasteiger partial charge in [-0.2, -0.15) is 0 Å². The zero-order chi connectivity index (χ0) is 20.8. The lowest BCUT2D eigenvalue weighted by Gasteiger charge is -2.48. The van der Waals surface area contributed by atoms with Crippen LogP contribution >= 0.6 is 11.3 Å². The Kier molecular flexibility index (Phi) is 4.62. The summed E-state index contributed by atoms with van der Waals surface area (Å²) < 4.78 is 4.66. The van der Waals surface area contributed by atoms with Crippen LogP contribution in [-0.4, -0.2) is 47.9 Å². The number of fused-ring (bicyclic) bond motifs is 3. The van der Waals surface area contributed by atoms with Crippen molar-refractivity contribution in [3.8, 4) is 0 Å². The number of rotatable bonds is 4. The normalized spacial score (nSPS) is 20.3. The van der Waals surface area contributed by atoms with Crippen LogP contribution in [0.5, 0.6) is 0 Å². The molecule has 1 fully saturated rings. The summed E-state index contributed by atoms with van der Waals surface area (Å²) in [5, 5.41) is 3.19. The molecule has 9 heteroatoms. The van der Waals surface area contributed by atoms with Gasteiger partial charge in [-0.3, -0.25) is 19.3 Å². The van der Waals surface area contributed by atoms with E-state index in [1.54, 1.807) is 48.2 Å². The number of benzene rings is 1. The second-order valence-electron chi connectivity index (χ2n) is 7.06. The smallest absolute Gasteiger partial charge is 0.348 e. The molecule has 150 valence electrons. The van der Waals surface area contributed by atoms with Crippen LogP contribution < -0.4 is 10.2 Å². The number of ether oxygens (including phenoxy) is 1. The molecule has 1 aromatic carbocycles. The van der Waals surface area contributed by atoms with Crippen LogP contribution in [0.4, 0.5) is 10.7 Å². The second kappa shape index (κ2) is 7.00. The van der Waals surface area contributed by atoms with E-state index >= 15 is 0 Å². The van der Waals surface area contributed by atoms with E-state index in [1.807, 2.05) is 0 Å². The number of thiophene rings is 1. The number of nitrogens with one attached hydrogen (secondary N) is 1. The van der Waals surface area contributed by atoms with E-state index in [2.05, 4.69) is 10.1 Å². The standard InChI is InChI=1S/C20H19N3O5S/c1-20-10-9-17(25)23(20)13-6-4-3-5-12(13)18(26)22(20)11-15(24)21-16-8-7-14(29-16)19(27)28-2/h3-8H,9-11H2,1-2H3,(H,21,24). The van der Waals surface area contributed by atoms with Gasteiger partial charge in [-0.25, -0.2) is 4.79 Å². The maximum atomic E-state index is 13.1. The van der Waals surface area contributed by atoms with E-state index in [1.165, 1.54) is 12.0 Å². The molecule has 0 aliphatic carbocycles. The average Bonchev–Trinajstić information content (AvgIpc) is 3.29. The van der Waals surface area contributed by atoms with Crippen LogP contribution in [0.15, 0.2) is 36.4 Å². The molecule has 4 rings (SSSR count). The highest BCUT2D eigenvalue weighted by molar-refractivity contribution is 7.18. The van der Waals surface area contributed by atoms with Crippen LogP contribution in [0.1, 0.15) is 39.8 Å². The van der Waals surface area contributed by atoms with Crippen LogP contribution in [0.2, 0.25) is 0 Å². The number of carbonyl (C=O) groups excluding carboxylic acids is 4. The van der Waals surface area contributed by atoms with Gasteiger partial charge in [0.15, 0.2) is 0 Å². The van der Waals surface area contributed by atoms with E-state index in [-0.39, 0.29) is 18.4 Å². The maximum absolute atomic E-state index is 13.1. The largest absolute Gasteiger partial charge is 0.465 e. The summed E-state index contributed by atoms with van der Waals surface area (Å²) in [6, 6.07) is 10.1. The summed E-state index contributed by atoms with van der Waals surface area (Å²) in [6.07, 6.45) is 0.758. The summed E-state index contributed by atoms with van der Waals surface area (Å²) in [5.41, 5.74) is 0.0872. The Morgan fingerprint density at radius 2 is 1.97 bits per heavy atom. The van der Waals surface area contributed by atoms with Gasteiger partial charge in [0, 0.05) is 6.42 Å². The zero-order valence-corrected chi connectivity index (χ0v) is 16.7. The predicted molar refractivity (Wildman–Crippen MR) is 107 cm³/mol. The summed E-state index contributed by atoms with van der Waals surface area (Å²) in [7, 11) is 1.29. The molecule has 0 saturated carbocycles. The number of hydrogen-bond donors (Lipinski definition) is 1. The molecule has 0 radical (unpaired) electrons. The van der Waals surface area contributed by atoms with Gasteiger partial charge in [-0.05, 0) is 37.6 Å². The monoisotopic (exact) mass is 413 g/mol. The molecular formula is C20H19N3O5S. The minimum absolute atomic E-state index is 0.0705. The quantitative estimate of drug-likeness (QED) is 0.777. The highest BCUT2D eigenvalue weighted by atomic mass is 32.1. The number of carbonyl (C=O) groups is 4. The minimum Gasteiger partial charge on any atom is -0.465 e. The topological polar surface area (TPSA) is 96.0 Å². The van der Waals surface area contributed by atoms with Crippen molar-refractivity contribution >= 4 is 45.7 Å².